The predicted molar refractivity (Wildman–Crippen MR) is 74.4 cm³/mol. The van der Waals surface area contributed by atoms with Crippen molar-refractivity contribution in [2.45, 2.75) is 25.8 Å². The maximum atomic E-state index is 11.8. The molecular weight excluding hydrogens is 272 g/mol. The molecule has 0 fully saturated rings. The van der Waals surface area contributed by atoms with Crippen LogP contribution in [0, 0.1) is 22.7 Å². The highest BCUT2D eigenvalue weighted by Gasteiger charge is 2.23. The van der Waals surface area contributed by atoms with Crippen molar-refractivity contribution < 1.29 is 14.7 Å². The van der Waals surface area contributed by atoms with E-state index in [2.05, 4.69) is 10.6 Å². The third kappa shape index (κ3) is 4.84. The molecule has 1 aromatic carbocycles. The van der Waals surface area contributed by atoms with Crippen LogP contribution in [0.4, 0.5) is 10.5 Å². The summed E-state index contributed by atoms with van der Waals surface area (Å²) < 4.78 is 0. The molecular formula is C14H14N4O3. The largest absolute Gasteiger partial charge is 0.481 e. The first kappa shape index (κ1) is 16.0. The lowest BCUT2D eigenvalue weighted by Gasteiger charge is -2.24. The highest BCUT2D eigenvalue weighted by atomic mass is 16.4. The fraction of sp³-hybridized carbons (Fsp3) is 0.286. The number of urea groups is 1. The van der Waals surface area contributed by atoms with Gasteiger partial charge in [0, 0.05) is 11.2 Å². The van der Waals surface area contributed by atoms with Crippen LogP contribution in [0.3, 0.4) is 0 Å². The average molecular weight is 286 g/mol. The second-order valence-corrected chi connectivity index (χ2v) is 5.02. The second-order valence-electron chi connectivity index (χ2n) is 5.02. The van der Waals surface area contributed by atoms with Gasteiger partial charge in [-0.15, -0.1) is 0 Å². The molecule has 0 aliphatic carbocycles. The first-order valence-electron chi connectivity index (χ1n) is 6.02. The maximum Gasteiger partial charge on any atom is 0.319 e. The molecule has 0 aliphatic rings. The third-order valence-electron chi connectivity index (χ3n) is 2.56. The lowest BCUT2D eigenvalue weighted by atomic mass is 10.0. The summed E-state index contributed by atoms with van der Waals surface area (Å²) in [4.78, 5) is 22.5. The van der Waals surface area contributed by atoms with Gasteiger partial charge in [-0.2, -0.15) is 10.5 Å². The van der Waals surface area contributed by atoms with Crippen molar-refractivity contribution in [1.29, 1.82) is 10.5 Å². The van der Waals surface area contributed by atoms with Gasteiger partial charge in [-0.3, -0.25) is 4.79 Å². The fourth-order valence-corrected chi connectivity index (χ4v) is 1.70. The smallest absolute Gasteiger partial charge is 0.319 e. The molecule has 0 atom stereocenters. The summed E-state index contributed by atoms with van der Waals surface area (Å²) in [6.45, 7) is 3.17. The second kappa shape index (κ2) is 6.40. The van der Waals surface area contributed by atoms with Crippen LogP contribution in [-0.4, -0.2) is 22.6 Å². The Morgan fingerprint density at radius 2 is 1.86 bits per heavy atom. The van der Waals surface area contributed by atoms with Crippen molar-refractivity contribution in [2.24, 2.45) is 0 Å². The number of rotatable bonds is 4. The Bertz CT molecular complexity index is 653. The molecule has 2 amide bonds. The van der Waals surface area contributed by atoms with E-state index in [1.54, 1.807) is 13.8 Å². The molecule has 0 saturated heterocycles. The predicted octanol–water partition coefficient (Wildman–Crippen LogP) is 1.80. The zero-order chi connectivity index (χ0) is 16.0. The van der Waals surface area contributed by atoms with Gasteiger partial charge < -0.3 is 15.7 Å². The van der Waals surface area contributed by atoms with E-state index in [0.717, 1.165) is 0 Å². The number of hydrogen-bond acceptors (Lipinski definition) is 4. The van der Waals surface area contributed by atoms with Crippen LogP contribution in [0.1, 0.15) is 31.4 Å². The molecule has 0 spiro atoms. The van der Waals surface area contributed by atoms with E-state index in [4.69, 9.17) is 15.6 Å². The van der Waals surface area contributed by atoms with Crippen molar-refractivity contribution in [2.75, 3.05) is 5.32 Å². The van der Waals surface area contributed by atoms with E-state index in [1.807, 2.05) is 12.1 Å². The van der Waals surface area contributed by atoms with Crippen molar-refractivity contribution in [3.05, 3.63) is 29.3 Å². The molecule has 0 radical (unpaired) electrons. The minimum absolute atomic E-state index is 0.153. The summed E-state index contributed by atoms with van der Waals surface area (Å²) in [5.74, 6) is -1.02. The molecule has 7 heteroatoms. The first-order valence-corrected chi connectivity index (χ1v) is 6.02. The van der Waals surface area contributed by atoms with E-state index in [-0.39, 0.29) is 17.5 Å². The van der Waals surface area contributed by atoms with Crippen LogP contribution < -0.4 is 10.6 Å². The van der Waals surface area contributed by atoms with Gasteiger partial charge in [0.05, 0.1) is 17.5 Å². The molecule has 0 aromatic heterocycles. The standard InChI is InChI=1S/C14H14N4O3/c1-14(2,6-12(19)20)18-13(21)17-11-4-3-9(7-15)10(5-11)8-16/h3-5H,6H2,1-2H3,(H,19,20)(H2,17,18,21). The van der Waals surface area contributed by atoms with E-state index >= 15 is 0 Å². The Labute approximate surface area is 121 Å². The van der Waals surface area contributed by atoms with Gasteiger partial charge in [0.25, 0.3) is 0 Å². The molecule has 1 rings (SSSR count). The van der Waals surface area contributed by atoms with E-state index in [9.17, 15) is 9.59 Å². The van der Waals surface area contributed by atoms with Gasteiger partial charge >= 0.3 is 12.0 Å². The Morgan fingerprint density at radius 1 is 1.24 bits per heavy atom. The number of amides is 2. The Hall–Kier alpha value is -3.06. The topological polar surface area (TPSA) is 126 Å². The van der Waals surface area contributed by atoms with E-state index in [0.29, 0.717) is 5.69 Å². The molecule has 3 N–H and O–H groups in total. The van der Waals surface area contributed by atoms with Crippen LogP contribution in [0.15, 0.2) is 18.2 Å². The van der Waals surface area contributed by atoms with Gasteiger partial charge in [-0.25, -0.2) is 4.79 Å². The Balaban J connectivity index is 2.79. The molecule has 0 saturated carbocycles. The molecule has 1 aromatic rings. The number of carboxylic acid groups (broad SMARTS) is 1. The summed E-state index contributed by atoms with van der Waals surface area (Å²) in [5, 5.41) is 31.5. The number of benzene rings is 1. The molecule has 21 heavy (non-hydrogen) atoms. The van der Waals surface area contributed by atoms with Gasteiger partial charge in [-0.05, 0) is 32.0 Å². The maximum absolute atomic E-state index is 11.8. The molecule has 0 aliphatic heterocycles. The third-order valence-corrected chi connectivity index (χ3v) is 2.56. The minimum Gasteiger partial charge on any atom is -0.481 e. The lowest BCUT2D eigenvalue weighted by Crippen LogP contribution is -2.46. The summed E-state index contributed by atoms with van der Waals surface area (Å²) >= 11 is 0. The summed E-state index contributed by atoms with van der Waals surface area (Å²) in [6.07, 6.45) is -0.225. The number of carboxylic acids is 1. The van der Waals surface area contributed by atoms with Crippen LogP contribution in [-0.2, 0) is 4.79 Å². The van der Waals surface area contributed by atoms with Gasteiger partial charge in [0.15, 0.2) is 0 Å². The first-order chi connectivity index (χ1) is 9.77. The van der Waals surface area contributed by atoms with Crippen molar-refractivity contribution in [1.82, 2.24) is 5.32 Å². The number of nitrogens with zero attached hydrogens (tertiary/aromatic N) is 2. The number of carbonyl (C=O) groups excluding carboxylic acids is 1. The molecule has 0 unspecified atom stereocenters. The zero-order valence-corrected chi connectivity index (χ0v) is 11.6. The lowest BCUT2D eigenvalue weighted by molar-refractivity contribution is -0.138. The van der Waals surface area contributed by atoms with Crippen LogP contribution in [0.25, 0.3) is 0 Å². The number of nitriles is 2. The fourth-order valence-electron chi connectivity index (χ4n) is 1.70. The van der Waals surface area contributed by atoms with Crippen LogP contribution in [0.2, 0.25) is 0 Å². The minimum atomic E-state index is -1.02. The van der Waals surface area contributed by atoms with Crippen molar-refractivity contribution in [3.63, 3.8) is 0 Å². The van der Waals surface area contributed by atoms with Crippen molar-refractivity contribution in [3.8, 4) is 12.1 Å². The molecule has 0 bridgehead atoms. The summed E-state index contributed by atoms with van der Waals surface area (Å²) in [6, 6.07) is 7.44. The Morgan fingerprint density at radius 3 is 2.38 bits per heavy atom. The zero-order valence-electron chi connectivity index (χ0n) is 11.6. The summed E-state index contributed by atoms with van der Waals surface area (Å²) in [7, 11) is 0. The summed E-state index contributed by atoms with van der Waals surface area (Å²) in [5.41, 5.74) is -0.204. The van der Waals surface area contributed by atoms with E-state index in [1.165, 1.54) is 18.2 Å². The van der Waals surface area contributed by atoms with Crippen LogP contribution in [0.5, 0.6) is 0 Å². The van der Waals surface area contributed by atoms with Gasteiger partial charge in [0.2, 0.25) is 0 Å². The van der Waals surface area contributed by atoms with Gasteiger partial charge in [0.1, 0.15) is 12.1 Å². The number of hydrogen-bond donors (Lipinski definition) is 3. The molecule has 7 nitrogen and oxygen atoms in total. The van der Waals surface area contributed by atoms with Crippen molar-refractivity contribution >= 4 is 17.7 Å². The highest BCUT2D eigenvalue weighted by molar-refractivity contribution is 5.90. The number of carbonyl (C=O) groups is 2. The van der Waals surface area contributed by atoms with Crippen LogP contribution >= 0.6 is 0 Å². The quantitative estimate of drug-likeness (QED) is 0.778. The SMILES string of the molecule is CC(C)(CC(=O)O)NC(=O)Nc1ccc(C#N)c(C#N)c1. The highest BCUT2D eigenvalue weighted by Crippen LogP contribution is 2.15. The van der Waals surface area contributed by atoms with Gasteiger partial charge in [-0.1, -0.05) is 0 Å². The average Bonchev–Trinajstić information content (AvgIpc) is 2.35. The monoisotopic (exact) mass is 286 g/mol. The Kier molecular flexibility index (Phi) is 4.87. The van der Waals surface area contributed by atoms with E-state index < -0.39 is 17.5 Å². The molecule has 0 heterocycles. The normalized spacial score (nSPS) is 10.1. The number of anilines is 1. The molecule has 108 valence electrons. The number of aliphatic carboxylic acids is 1. The number of nitrogens with one attached hydrogen (secondary N) is 2.